The highest BCUT2D eigenvalue weighted by Crippen LogP contribution is 2.28. The highest BCUT2D eigenvalue weighted by molar-refractivity contribution is 9.10. The van der Waals surface area contributed by atoms with Crippen molar-refractivity contribution in [3.63, 3.8) is 0 Å². The average Bonchev–Trinajstić information content (AvgIpc) is 3.25. The van der Waals surface area contributed by atoms with Crippen molar-refractivity contribution in [3.8, 4) is 0 Å². The lowest BCUT2D eigenvalue weighted by atomic mass is 9.97. The maximum Gasteiger partial charge on any atom is 0.328 e. The zero-order chi connectivity index (χ0) is 31.0. The number of methoxy groups -OCH3 is 1. The first-order valence-corrected chi connectivity index (χ1v) is 15.8. The number of H-pyrrole nitrogens is 1. The topological polar surface area (TPSA) is 133 Å². The van der Waals surface area contributed by atoms with Crippen molar-refractivity contribution in [2.75, 3.05) is 7.11 Å². The number of carbonyl (C=O) groups excluding carboxylic acids is 4. The predicted molar refractivity (Wildman–Crippen MR) is 167 cm³/mol. The molecule has 232 valence electrons. The maximum atomic E-state index is 13.8. The van der Waals surface area contributed by atoms with Gasteiger partial charge < -0.3 is 30.6 Å². The molecule has 2 heterocycles. The van der Waals surface area contributed by atoms with Crippen molar-refractivity contribution >= 4 is 50.6 Å². The number of hydrogen-bond acceptors (Lipinski definition) is 5. The number of likely N-dealkylation sites (tertiary alicyclic amines) is 1. The van der Waals surface area contributed by atoms with Crippen LogP contribution in [0, 0.1) is 5.92 Å². The second-order valence-corrected chi connectivity index (χ2v) is 12.6. The first kappa shape index (κ1) is 33.4. The van der Waals surface area contributed by atoms with Crippen molar-refractivity contribution in [2.45, 2.75) is 110 Å². The molecule has 4 N–H and O–H groups in total. The number of aromatic nitrogens is 1. The summed E-state index contributed by atoms with van der Waals surface area (Å²) in [6, 6.07) is 4.87. The Morgan fingerprint density at radius 3 is 2.24 bits per heavy atom. The van der Waals surface area contributed by atoms with Gasteiger partial charge >= 0.3 is 12.0 Å². The van der Waals surface area contributed by atoms with Crippen molar-refractivity contribution in [2.24, 2.45) is 5.92 Å². The van der Waals surface area contributed by atoms with Gasteiger partial charge in [0.2, 0.25) is 11.8 Å². The number of esters is 1. The quantitative estimate of drug-likeness (QED) is 0.246. The number of amides is 4. The third-order valence-electron chi connectivity index (χ3n) is 7.93. The summed E-state index contributed by atoms with van der Waals surface area (Å²) in [5.74, 6) is -1.38. The number of fused-ring (bicyclic) bond motifs is 1. The van der Waals surface area contributed by atoms with Crippen LogP contribution < -0.4 is 16.0 Å². The molecule has 0 spiro atoms. The van der Waals surface area contributed by atoms with Gasteiger partial charge in [-0.25, -0.2) is 9.59 Å². The Balaban J connectivity index is 1.89. The second-order valence-electron chi connectivity index (χ2n) is 11.8. The van der Waals surface area contributed by atoms with E-state index in [0.717, 1.165) is 35.7 Å². The van der Waals surface area contributed by atoms with Crippen molar-refractivity contribution in [1.29, 1.82) is 0 Å². The van der Waals surface area contributed by atoms with Gasteiger partial charge in [-0.2, -0.15) is 0 Å². The monoisotopic (exact) mass is 647 g/mol. The number of carbonyl (C=O) groups is 4. The zero-order valence-corrected chi connectivity index (χ0v) is 27.2. The number of nitrogens with one attached hydrogen (secondary N) is 4. The van der Waals surface area contributed by atoms with E-state index in [4.69, 9.17) is 4.74 Å². The van der Waals surface area contributed by atoms with E-state index < -0.39 is 35.9 Å². The van der Waals surface area contributed by atoms with Gasteiger partial charge in [0, 0.05) is 29.4 Å². The zero-order valence-electron chi connectivity index (χ0n) is 25.6. The third kappa shape index (κ3) is 8.49. The summed E-state index contributed by atoms with van der Waals surface area (Å²) in [4.78, 5) is 58.4. The van der Waals surface area contributed by atoms with Gasteiger partial charge in [-0.3, -0.25) is 9.59 Å². The summed E-state index contributed by atoms with van der Waals surface area (Å²) in [6.07, 6.45) is 4.51. The predicted octanol–water partition coefficient (Wildman–Crippen LogP) is 4.80. The lowest BCUT2D eigenvalue weighted by Gasteiger charge is -2.39. The summed E-state index contributed by atoms with van der Waals surface area (Å²) in [5.41, 5.74) is 1.70. The summed E-state index contributed by atoms with van der Waals surface area (Å²) in [6.45, 7) is 9.93. The molecule has 5 atom stereocenters. The number of rotatable bonds is 12. The molecule has 0 bridgehead atoms. The van der Waals surface area contributed by atoms with Crippen LogP contribution in [0.2, 0.25) is 0 Å². The van der Waals surface area contributed by atoms with Crippen LogP contribution in [-0.4, -0.2) is 71.0 Å². The number of nitrogens with zero attached hydrogens (tertiary/aromatic N) is 1. The van der Waals surface area contributed by atoms with E-state index in [9.17, 15) is 19.2 Å². The van der Waals surface area contributed by atoms with Crippen LogP contribution in [0.4, 0.5) is 4.79 Å². The minimum Gasteiger partial charge on any atom is -0.467 e. The molecule has 1 fully saturated rings. The van der Waals surface area contributed by atoms with Crippen LogP contribution in [0.1, 0.15) is 78.7 Å². The molecule has 1 aromatic heterocycles. The number of para-hydroxylation sites is 1. The maximum absolute atomic E-state index is 13.8. The van der Waals surface area contributed by atoms with Crippen molar-refractivity contribution in [3.05, 3.63) is 34.4 Å². The fourth-order valence-corrected chi connectivity index (χ4v) is 6.34. The SMILES string of the molecule is CCC[C@@H](NC(=O)[C@@H](Cc1c(Br)[nH]c2ccccc12)NC(=O)[C@H](CC(C)C)NC(=O)N1[C@H](C)CCC[C@@H]1C)C(=O)OC. The summed E-state index contributed by atoms with van der Waals surface area (Å²) < 4.78 is 5.61. The summed E-state index contributed by atoms with van der Waals surface area (Å²) in [5, 5.41) is 9.58. The van der Waals surface area contributed by atoms with Crippen LogP contribution in [0.5, 0.6) is 0 Å². The third-order valence-corrected chi connectivity index (χ3v) is 8.61. The first-order chi connectivity index (χ1) is 20.0. The van der Waals surface area contributed by atoms with Crippen molar-refractivity contribution < 1.29 is 23.9 Å². The summed E-state index contributed by atoms with van der Waals surface area (Å²) in [7, 11) is 1.28. The molecular formula is C31H46BrN5O5. The molecule has 1 saturated heterocycles. The van der Waals surface area contributed by atoms with E-state index in [0.29, 0.717) is 23.9 Å². The molecular weight excluding hydrogens is 602 g/mol. The Bertz CT molecular complexity index is 1240. The number of ether oxygens (including phenoxy) is 1. The number of halogens is 1. The van der Waals surface area contributed by atoms with E-state index in [1.54, 1.807) is 0 Å². The molecule has 1 aliphatic rings. The van der Waals surface area contributed by atoms with Gasteiger partial charge in [0.15, 0.2) is 0 Å². The molecule has 1 aromatic carbocycles. The number of aromatic amines is 1. The Hall–Kier alpha value is -3.08. The van der Waals surface area contributed by atoms with Gasteiger partial charge in [0.25, 0.3) is 0 Å². The fourth-order valence-electron chi connectivity index (χ4n) is 5.75. The molecule has 4 amide bonds. The van der Waals surface area contributed by atoms with Crippen molar-refractivity contribution in [1.82, 2.24) is 25.8 Å². The standard InChI is InChI=1S/C31H46BrN5O5/c1-7-11-24(30(40)42-6)34-29(39)26(17-22-21-14-8-9-15-23(21)33-27(22)32)35-28(38)25(16-18(2)3)36-31(41)37-19(4)12-10-13-20(37)5/h8-9,14-15,18-20,24-26,33H,7,10-13,16-17H2,1-6H3,(H,34,39)(H,35,38)(H,36,41)/t19-,20+,24-,25+,26-/m1/s1. The molecule has 0 unspecified atom stereocenters. The molecule has 0 radical (unpaired) electrons. The largest absolute Gasteiger partial charge is 0.467 e. The normalized spacial score (nSPS) is 19.2. The lowest BCUT2D eigenvalue weighted by molar-refractivity contribution is -0.145. The second kappa shape index (κ2) is 15.4. The molecule has 0 saturated carbocycles. The number of piperidine rings is 1. The molecule has 42 heavy (non-hydrogen) atoms. The highest BCUT2D eigenvalue weighted by Gasteiger charge is 2.34. The Labute approximate surface area is 257 Å². The van der Waals surface area contributed by atoms with Crippen LogP contribution in [-0.2, 0) is 25.5 Å². The van der Waals surface area contributed by atoms with Gasteiger partial charge in [-0.15, -0.1) is 0 Å². The smallest absolute Gasteiger partial charge is 0.328 e. The van der Waals surface area contributed by atoms with Gasteiger partial charge in [-0.1, -0.05) is 45.4 Å². The summed E-state index contributed by atoms with van der Waals surface area (Å²) >= 11 is 3.58. The molecule has 0 aliphatic carbocycles. The molecule has 1 aliphatic heterocycles. The van der Waals surface area contributed by atoms with E-state index in [2.05, 4.69) is 36.9 Å². The highest BCUT2D eigenvalue weighted by atomic mass is 79.9. The lowest BCUT2D eigenvalue weighted by Crippen LogP contribution is -2.59. The van der Waals surface area contributed by atoms with Gasteiger partial charge in [0.05, 0.1) is 11.7 Å². The average molecular weight is 649 g/mol. The first-order valence-electron chi connectivity index (χ1n) is 15.0. The van der Waals surface area contributed by atoms with E-state index >= 15 is 0 Å². The number of urea groups is 1. The van der Waals surface area contributed by atoms with Crippen LogP contribution in [0.3, 0.4) is 0 Å². The minimum absolute atomic E-state index is 0.0723. The van der Waals surface area contributed by atoms with Crippen LogP contribution >= 0.6 is 15.9 Å². The van der Waals surface area contributed by atoms with E-state index in [-0.39, 0.29) is 30.5 Å². The van der Waals surface area contributed by atoms with Gasteiger partial charge in [-0.05, 0) is 79.4 Å². The Kier molecular flexibility index (Phi) is 12.3. The molecule has 2 aromatic rings. The van der Waals surface area contributed by atoms with Gasteiger partial charge in [0.1, 0.15) is 18.1 Å². The number of hydrogen-bond donors (Lipinski definition) is 4. The molecule has 10 nitrogen and oxygen atoms in total. The molecule has 3 rings (SSSR count). The van der Waals surface area contributed by atoms with E-state index in [1.807, 2.05) is 63.8 Å². The Morgan fingerprint density at radius 1 is 1.00 bits per heavy atom. The Morgan fingerprint density at radius 2 is 1.62 bits per heavy atom. The minimum atomic E-state index is -1.02. The molecule has 11 heteroatoms. The number of benzene rings is 1. The van der Waals surface area contributed by atoms with E-state index in [1.165, 1.54) is 7.11 Å². The van der Waals surface area contributed by atoms with Crippen LogP contribution in [0.15, 0.2) is 28.9 Å². The fraction of sp³-hybridized carbons (Fsp3) is 0.613. The van der Waals surface area contributed by atoms with Crippen LogP contribution in [0.25, 0.3) is 10.9 Å².